The number of ether oxygens (including phenoxy) is 1. The number of rotatable bonds is 8. The normalized spacial score (nSPS) is 9.89. The summed E-state index contributed by atoms with van der Waals surface area (Å²) in [6.07, 6.45) is 4.32. The van der Waals surface area contributed by atoms with Crippen molar-refractivity contribution < 1.29 is 4.74 Å². The largest absolute Gasteiger partial charge is 0.385 e. The monoisotopic (exact) mass is 248 g/mol. The molecular formula is C13H20N4O. The van der Waals surface area contributed by atoms with Gasteiger partial charge >= 0.3 is 0 Å². The lowest BCUT2D eigenvalue weighted by molar-refractivity contribution is 0.197. The SMILES string of the molecule is C=CC(=C)Nc1ncc(C)c(NCCCOC)n1. The van der Waals surface area contributed by atoms with E-state index in [9.17, 15) is 0 Å². The highest BCUT2D eigenvalue weighted by molar-refractivity contribution is 5.48. The quantitative estimate of drug-likeness (QED) is 0.546. The lowest BCUT2D eigenvalue weighted by Crippen LogP contribution is -2.09. The van der Waals surface area contributed by atoms with Crippen LogP contribution in [0.3, 0.4) is 0 Å². The van der Waals surface area contributed by atoms with E-state index >= 15 is 0 Å². The zero-order chi connectivity index (χ0) is 13.4. The molecule has 0 fully saturated rings. The van der Waals surface area contributed by atoms with E-state index in [0.29, 0.717) is 11.6 Å². The van der Waals surface area contributed by atoms with E-state index in [1.165, 1.54) is 0 Å². The Balaban J connectivity index is 2.62. The first-order valence-electron chi connectivity index (χ1n) is 5.82. The van der Waals surface area contributed by atoms with Gasteiger partial charge in [0.05, 0.1) is 0 Å². The Morgan fingerprint density at radius 1 is 1.56 bits per heavy atom. The second-order valence-electron chi connectivity index (χ2n) is 3.85. The highest BCUT2D eigenvalue weighted by atomic mass is 16.5. The molecule has 5 nitrogen and oxygen atoms in total. The van der Waals surface area contributed by atoms with Crippen LogP contribution in [0.1, 0.15) is 12.0 Å². The van der Waals surface area contributed by atoms with Crippen molar-refractivity contribution in [3.63, 3.8) is 0 Å². The molecule has 1 rings (SSSR count). The molecule has 5 heteroatoms. The minimum Gasteiger partial charge on any atom is -0.385 e. The molecule has 0 bridgehead atoms. The lowest BCUT2D eigenvalue weighted by atomic mass is 10.3. The van der Waals surface area contributed by atoms with Crippen molar-refractivity contribution in [3.05, 3.63) is 36.7 Å². The van der Waals surface area contributed by atoms with Crippen molar-refractivity contribution in [1.82, 2.24) is 9.97 Å². The topological polar surface area (TPSA) is 59.1 Å². The predicted molar refractivity (Wildman–Crippen MR) is 74.7 cm³/mol. The van der Waals surface area contributed by atoms with E-state index in [0.717, 1.165) is 31.0 Å². The van der Waals surface area contributed by atoms with Crippen LogP contribution in [0.5, 0.6) is 0 Å². The van der Waals surface area contributed by atoms with E-state index in [4.69, 9.17) is 4.74 Å². The maximum Gasteiger partial charge on any atom is 0.229 e. The Morgan fingerprint density at radius 3 is 3.00 bits per heavy atom. The molecule has 1 aromatic heterocycles. The molecule has 1 aromatic rings. The third-order valence-electron chi connectivity index (χ3n) is 2.31. The number of allylic oxidation sites excluding steroid dienone is 1. The summed E-state index contributed by atoms with van der Waals surface area (Å²) in [4.78, 5) is 8.55. The first-order chi connectivity index (χ1) is 8.67. The van der Waals surface area contributed by atoms with Gasteiger partial charge in [-0.25, -0.2) is 4.98 Å². The van der Waals surface area contributed by atoms with Crippen LogP contribution in [0.15, 0.2) is 31.1 Å². The Hall–Kier alpha value is -1.88. The molecule has 0 aliphatic heterocycles. The zero-order valence-electron chi connectivity index (χ0n) is 11.0. The maximum atomic E-state index is 4.99. The van der Waals surface area contributed by atoms with Crippen molar-refractivity contribution in [3.8, 4) is 0 Å². The summed E-state index contributed by atoms with van der Waals surface area (Å²) in [7, 11) is 1.69. The Bertz CT molecular complexity index is 417. The van der Waals surface area contributed by atoms with Gasteiger partial charge in [0.2, 0.25) is 5.95 Å². The number of hydrogen-bond donors (Lipinski definition) is 2. The van der Waals surface area contributed by atoms with Crippen molar-refractivity contribution >= 4 is 11.8 Å². The molecule has 1 heterocycles. The number of aromatic nitrogens is 2. The van der Waals surface area contributed by atoms with Crippen LogP contribution in [0.4, 0.5) is 11.8 Å². The molecular weight excluding hydrogens is 228 g/mol. The van der Waals surface area contributed by atoms with Crippen molar-refractivity contribution in [2.45, 2.75) is 13.3 Å². The molecule has 18 heavy (non-hydrogen) atoms. The fourth-order valence-electron chi connectivity index (χ4n) is 1.30. The van der Waals surface area contributed by atoms with Crippen LogP contribution < -0.4 is 10.6 Å². The Labute approximate surface area is 108 Å². The molecule has 0 saturated heterocycles. The second-order valence-corrected chi connectivity index (χ2v) is 3.85. The first kappa shape index (κ1) is 14.2. The third kappa shape index (κ3) is 4.55. The van der Waals surface area contributed by atoms with Gasteiger partial charge in [0, 0.05) is 37.7 Å². The molecule has 98 valence electrons. The molecule has 0 amide bonds. The van der Waals surface area contributed by atoms with Gasteiger partial charge in [-0.15, -0.1) is 0 Å². The maximum absolute atomic E-state index is 4.99. The van der Waals surface area contributed by atoms with E-state index < -0.39 is 0 Å². The predicted octanol–water partition coefficient (Wildman–Crippen LogP) is 2.35. The van der Waals surface area contributed by atoms with Crippen molar-refractivity contribution in [1.29, 1.82) is 0 Å². The summed E-state index contributed by atoms with van der Waals surface area (Å²) in [6.45, 7) is 10.9. The van der Waals surface area contributed by atoms with Gasteiger partial charge in [-0.1, -0.05) is 13.2 Å². The van der Waals surface area contributed by atoms with Crippen LogP contribution in [0, 0.1) is 6.92 Å². The minimum absolute atomic E-state index is 0.514. The summed E-state index contributed by atoms with van der Waals surface area (Å²) in [5.74, 6) is 1.33. The molecule has 0 aliphatic carbocycles. The zero-order valence-corrected chi connectivity index (χ0v) is 11.0. The highest BCUT2D eigenvalue weighted by Gasteiger charge is 2.03. The average molecular weight is 248 g/mol. The number of nitrogens with one attached hydrogen (secondary N) is 2. The molecule has 0 unspecified atom stereocenters. The molecule has 0 aliphatic rings. The molecule has 0 radical (unpaired) electrons. The number of nitrogens with zero attached hydrogens (tertiary/aromatic N) is 2. The number of hydrogen-bond acceptors (Lipinski definition) is 5. The summed E-state index contributed by atoms with van der Waals surface area (Å²) >= 11 is 0. The second kappa shape index (κ2) is 7.45. The van der Waals surface area contributed by atoms with E-state index in [1.54, 1.807) is 19.4 Å². The highest BCUT2D eigenvalue weighted by Crippen LogP contribution is 2.13. The average Bonchev–Trinajstić information content (AvgIpc) is 2.38. The molecule has 0 spiro atoms. The number of anilines is 2. The van der Waals surface area contributed by atoms with E-state index in [-0.39, 0.29) is 0 Å². The summed E-state index contributed by atoms with van der Waals surface area (Å²) < 4.78 is 4.99. The minimum atomic E-state index is 0.514. The van der Waals surface area contributed by atoms with Gasteiger partial charge in [-0.2, -0.15) is 4.98 Å². The van der Waals surface area contributed by atoms with Gasteiger partial charge in [0.1, 0.15) is 5.82 Å². The molecule has 2 N–H and O–H groups in total. The standard InChI is InChI=1S/C13H20N4O/c1-5-11(3)16-13-15-9-10(2)12(17-13)14-7-6-8-18-4/h5,9H,1,3,6-8H2,2,4H3,(H2,14,15,16,17). The Kier molecular flexibility index (Phi) is 5.87. The Morgan fingerprint density at radius 2 is 2.33 bits per heavy atom. The number of aryl methyl sites for hydroxylation is 1. The van der Waals surface area contributed by atoms with Crippen molar-refractivity contribution in [2.24, 2.45) is 0 Å². The van der Waals surface area contributed by atoms with Crippen molar-refractivity contribution in [2.75, 3.05) is 30.9 Å². The van der Waals surface area contributed by atoms with Gasteiger partial charge in [-0.05, 0) is 19.4 Å². The lowest BCUT2D eigenvalue weighted by Gasteiger charge is -2.10. The van der Waals surface area contributed by atoms with Gasteiger partial charge < -0.3 is 15.4 Å². The van der Waals surface area contributed by atoms with Gasteiger partial charge in [0.15, 0.2) is 0 Å². The van der Waals surface area contributed by atoms with Gasteiger partial charge in [0.25, 0.3) is 0 Å². The van der Waals surface area contributed by atoms with Crippen LogP contribution in [0.2, 0.25) is 0 Å². The van der Waals surface area contributed by atoms with Crippen LogP contribution in [-0.4, -0.2) is 30.2 Å². The van der Waals surface area contributed by atoms with Crippen LogP contribution in [0.25, 0.3) is 0 Å². The molecule has 0 saturated carbocycles. The summed E-state index contributed by atoms with van der Waals surface area (Å²) in [5.41, 5.74) is 1.67. The van der Waals surface area contributed by atoms with Crippen LogP contribution in [-0.2, 0) is 4.74 Å². The smallest absolute Gasteiger partial charge is 0.229 e. The number of methoxy groups -OCH3 is 1. The van der Waals surface area contributed by atoms with E-state index in [1.807, 2.05) is 6.92 Å². The summed E-state index contributed by atoms with van der Waals surface area (Å²) in [6, 6.07) is 0. The van der Waals surface area contributed by atoms with E-state index in [2.05, 4.69) is 33.8 Å². The first-order valence-corrected chi connectivity index (χ1v) is 5.82. The fourth-order valence-corrected chi connectivity index (χ4v) is 1.30. The summed E-state index contributed by atoms with van der Waals surface area (Å²) in [5, 5.41) is 6.21. The molecule has 0 aromatic carbocycles. The fraction of sp³-hybridized carbons (Fsp3) is 0.385. The van der Waals surface area contributed by atoms with Crippen LogP contribution >= 0.6 is 0 Å². The van der Waals surface area contributed by atoms with Gasteiger partial charge in [-0.3, -0.25) is 0 Å². The molecule has 0 atom stereocenters. The third-order valence-corrected chi connectivity index (χ3v) is 2.31.